The largest absolute Gasteiger partial charge is 0.457 e. The van der Waals surface area contributed by atoms with Crippen LogP contribution in [0, 0.1) is 0 Å². The van der Waals surface area contributed by atoms with Crippen molar-refractivity contribution in [1.82, 2.24) is 14.8 Å². The van der Waals surface area contributed by atoms with Gasteiger partial charge in [-0.2, -0.15) is 5.10 Å². The topological polar surface area (TPSA) is 49.2 Å². The minimum absolute atomic E-state index is 0.0374. The zero-order valence-corrected chi connectivity index (χ0v) is 16.6. The van der Waals surface area contributed by atoms with E-state index >= 15 is 0 Å². The van der Waals surface area contributed by atoms with Crippen molar-refractivity contribution in [2.75, 3.05) is 6.61 Å². The van der Waals surface area contributed by atoms with E-state index in [9.17, 15) is 0 Å². The Morgan fingerprint density at radius 3 is 2.33 bits per heavy atom. The molecular weight excluding hydrogens is 374 g/mol. The fourth-order valence-corrected chi connectivity index (χ4v) is 3.83. The van der Waals surface area contributed by atoms with Crippen LogP contribution in [0.3, 0.4) is 0 Å². The Morgan fingerprint density at radius 2 is 1.60 bits per heavy atom. The van der Waals surface area contributed by atoms with Crippen molar-refractivity contribution in [3.63, 3.8) is 0 Å². The first-order valence-corrected chi connectivity index (χ1v) is 10.3. The van der Waals surface area contributed by atoms with Crippen molar-refractivity contribution in [2.24, 2.45) is 0 Å². The fourth-order valence-electron chi connectivity index (χ4n) is 3.83. The van der Waals surface area contributed by atoms with E-state index in [1.54, 1.807) is 0 Å². The van der Waals surface area contributed by atoms with E-state index < -0.39 is 0 Å². The van der Waals surface area contributed by atoms with E-state index in [-0.39, 0.29) is 6.23 Å². The normalized spacial score (nSPS) is 16.3. The summed E-state index contributed by atoms with van der Waals surface area (Å²) >= 11 is 0. The van der Waals surface area contributed by atoms with Crippen molar-refractivity contribution in [3.8, 4) is 33.9 Å². The predicted octanol–water partition coefficient (Wildman–Crippen LogP) is 6.10. The molecule has 2 aromatic carbocycles. The lowest BCUT2D eigenvalue weighted by Crippen LogP contribution is -2.20. The number of hydrogen-bond donors (Lipinski definition) is 0. The lowest BCUT2D eigenvalue weighted by Gasteiger charge is -2.25. The van der Waals surface area contributed by atoms with Gasteiger partial charge in [0.15, 0.2) is 6.23 Å². The number of nitrogens with zero attached hydrogens (tertiary/aromatic N) is 3. The summed E-state index contributed by atoms with van der Waals surface area (Å²) < 4.78 is 14.0. The van der Waals surface area contributed by atoms with Gasteiger partial charge in [0.1, 0.15) is 11.5 Å². The van der Waals surface area contributed by atoms with Crippen LogP contribution in [-0.2, 0) is 4.74 Å². The van der Waals surface area contributed by atoms with Gasteiger partial charge < -0.3 is 9.47 Å². The number of aromatic nitrogens is 3. The Balaban J connectivity index is 1.52. The highest BCUT2D eigenvalue weighted by molar-refractivity contribution is 5.80. The summed E-state index contributed by atoms with van der Waals surface area (Å²) in [4.78, 5) is 4.15. The lowest BCUT2D eigenvalue weighted by atomic mass is 10.0. The summed E-state index contributed by atoms with van der Waals surface area (Å²) in [5, 5.41) is 4.72. The van der Waals surface area contributed by atoms with Gasteiger partial charge >= 0.3 is 0 Å². The Bertz CT molecular complexity index is 1090. The maximum absolute atomic E-state index is 6.04. The number of hydrogen-bond acceptors (Lipinski definition) is 4. The van der Waals surface area contributed by atoms with Crippen molar-refractivity contribution >= 4 is 0 Å². The molecule has 0 N–H and O–H groups in total. The molecule has 0 spiro atoms. The molecule has 5 heteroatoms. The third-order valence-corrected chi connectivity index (χ3v) is 5.32. The van der Waals surface area contributed by atoms with Crippen molar-refractivity contribution in [2.45, 2.75) is 25.5 Å². The van der Waals surface area contributed by atoms with E-state index in [4.69, 9.17) is 14.6 Å². The second-order valence-electron chi connectivity index (χ2n) is 7.35. The van der Waals surface area contributed by atoms with Gasteiger partial charge in [0.05, 0.1) is 11.9 Å². The fraction of sp³-hybridized carbons (Fsp3) is 0.200. The second kappa shape index (κ2) is 8.51. The Hall–Kier alpha value is -3.44. The van der Waals surface area contributed by atoms with Gasteiger partial charge in [-0.25, -0.2) is 4.68 Å². The summed E-state index contributed by atoms with van der Waals surface area (Å²) in [5.74, 6) is 1.62. The zero-order chi connectivity index (χ0) is 20.2. The van der Waals surface area contributed by atoms with Gasteiger partial charge in [-0.1, -0.05) is 18.2 Å². The molecule has 1 atom stereocenters. The average molecular weight is 397 g/mol. The van der Waals surface area contributed by atoms with Gasteiger partial charge in [-0.3, -0.25) is 4.98 Å². The molecule has 150 valence electrons. The van der Waals surface area contributed by atoms with Crippen LogP contribution in [-0.4, -0.2) is 21.4 Å². The standard InChI is InChI=1S/C25H23N3O2/c1-2-6-21(7-3-1)30-22-11-9-20(10-12-22)25-23(19-13-15-26-16-14-19)18-27-28(25)24-8-4-5-17-29-24/h1-3,6-7,9-16,18,24H,4-5,8,17H2. The van der Waals surface area contributed by atoms with Gasteiger partial charge in [-0.05, 0) is 73.4 Å². The number of benzene rings is 2. The number of rotatable bonds is 5. The number of para-hydroxylation sites is 1. The molecule has 30 heavy (non-hydrogen) atoms. The molecule has 4 aromatic rings. The molecule has 5 rings (SSSR count). The Morgan fingerprint density at radius 1 is 0.833 bits per heavy atom. The molecule has 1 aliphatic rings. The van der Waals surface area contributed by atoms with E-state index in [0.29, 0.717) is 0 Å². The summed E-state index contributed by atoms with van der Waals surface area (Å²) in [6.45, 7) is 0.776. The van der Waals surface area contributed by atoms with Gasteiger partial charge in [0.25, 0.3) is 0 Å². The van der Waals surface area contributed by atoms with Crippen molar-refractivity contribution in [3.05, 3.63) is 85.3 Å². The molecule has 0 aliphatic carbocycles. The third kappa shape index (κ3) is 3.84. The smallest absolute Gasteiger partial charge is 0.150 e. The zero-order valence-electron chi connectivity index (χ0n) is 16.6. The van der Waals surface area contributed by atoms with Gasteiger partial charge in [-0.15, -0.1) is 0 Å². The van der Waals surface area contributed by atoms with Gasteiger partial charge in [0, 0.05) is 30.1 Å². The molecule has 0 saturated carbocycles. The summed E-state index contributed by atoms with van der Waals surface area (Å²) in [7, 11) is 0. The van der Waals surface area contributed by atoms with Crippen LogP contribution in [0.25, 0.3) is 22.4 Å². The van der Waals surface area contributed by atoms with Gasteiger partial charge in [0.2, 0.25) is 0 Å². The third-order valence-electron chi connectivity index (χ3n) is 5.32. The minimum Gasteiger partial charge on any atom is -0.457 e. The molecule has 1 saturated heterocycles. The highest BCUT2D eigenvalue weighted by Gasteiger charge is 2.23. The first-order chi connectivity index (χ1) is 14.9. The Labute approximate surface area is 175 Å². The number of ether oxygens (including phenoxy) is 2. The van der Waals surface area contributed by atoms with E-state index in [0.717, 1.165) is 59.8 Å². The minimum atomic E-state index is -0.0374. The molecule has 1 unspecified atom stereocenters. The SMILES string of the molecule is c1ccc(Oc2ccc(-c3c(-c4ccncc4)cnn3C3CCCCO3)cc2)cc1. The molecular formula is C25H23N3O2. The van der Waals surface area contributed by atoms with Crippen LogP contribution in [0.5, 0.6) is 11.5 Å². The molecule has 2 aromatic heterocycles. The second-order valence-corrected chi connectivity index (χ2v) is 7.35. The highest BCUT2D eigenvalue weighted by atomic mass is 16.5. The highest BCUT2D eigenvalue weighted by Crippen LogP contribution is 2.37. The van der Waals surface area contributed by atoms with E-state index in [1.165, 1.54) is 0 Å². The summed E-state index contributed by atoms with van der Waals surface area (Å²) in [5.41, 5.74) is 4.29. The quantitative estimate of drug-likeness (QED) is 0.408. The van der Waals surface area contributed by atoms with E-state index in [1.807, 2.05) is 77.9 Å². The molecule has 1 aliphatic heterocycles. The molecule has 1 fully saturated rings. The Kier molecular flexibility index (Phi) is 5.27. The lowest BCUT2D eigenvalue weighted by molar-refractivity contribution is -0.0383. The first kappa shape index (κ1) is 18.6. The van der Waals surface area contributed by atoms with Crippen LogP contribution < -0.4 is 4.74 Å². The maximum Gasteiger partial charge on any atom is 0.150 e. The molecule has 0 amide bonds. The first-order valence-electron chi connectivity index (χ1n) is 10.3. The van der Waals surface area contributed by atoms with Crippen LogP contribution >= 0.6 is 0 Å². The predicted molar refractivity (Wildman–Crippen MR) is 116 cm³/mol. The van der Waals surface area contributed by atoms with Crippen molar-refractivity contribution < 1.29 is 9.47 Å². The molecule has 5 nitrogen and oxygen atoms in total. The molecule has 0 bridgehead atoms. The maximum atomic E-state index is 6.04. The number of pyridine rings is 1. The van der Waals surface area contributed by atoms with Crippen LogP contribution in [0.15, 0.2) is 85.3 Å². The van der Waals surface area contributed by atoms with Crippen molar-refractivity contribution in [1.29, 1.82) is 0 Å². The van der Waals surface area contributed by atoms with E-state index in [2.05, 4.69) is 17.1 Å². The van der Waals surface area contributed by atoms with Crippen LogP contribution in [0.1, 0.15) is 25.5 Å². The van der Waals surface area contributed by atoms with Crippen LogP contribution in [0.4, 0.5) is 0 Å². The van der Waals surface area contributed by atoms with Crippen LogP contribution in [0.2, 0.25) is 0 Å². The monoisotopic (exact) mass is 397 g/mol. The average Bonchev–Trinajstić information content (AvgIpc) is 3.27. The summed E-state index contributed by atoms with van der Waals surface area (Å²) in [6.07, 6.45) is 8.74. The molecule has 3 heterocycles. The molecule has 0 radical (unpaired) electrons. The summed E-state index contributed by atoms with van der Waals surface area (Å²) in [6, 6.07) is 22.0.